The molecule has 4 rings (SSSR count). The summed E-state index contributed by atoms with van der Waals surface area (Å²) < 4.78 is 29.2. The van der Waals surface area contributed by atoms with Gasteiger partial charge in [0.1, 0.15) is 11.7 Å². The van der Waals surface area contributed by atoms with Crippen LogP contribution in [0.5, 0.6) is 0 Å². The summed E-state index contributed by atoms with van der Waals surface area (Å²) in [5, 5.41) is -1.16. The fourth-order valence-electron chi connectivity index (χ4n) is 3.94. The quantitative estimate of drug-likeness (QED) is 0.420. The number of rotatable bonds is 5. The van der Waals surface area contributed by atoms with E-state index in [1.54, 1.807) is 48.5 Å². The predicted octanol–water partition coefficient (Wildman–Crippen LogP) is 1.63. The van der Waals surface area contributed by atoms with E-state index in [1.807, 2.05) is 12.1 Å². The molecule has 7 nitrogen and oxygen atoms in total. The van der Waals surface area contributed by atoms with E-state index in [0.717, 1.165) is 4.90 Å². The number of fused-ring (bicyclic) bond motifs is 1. The van der Waals surface area contributed by atoms with Crippen LogP contribution in [0.25, 0.3) is 0 Å². The van der Waals surface area contributed by atoms with Gasteiger partial charge in [-0.2, -0.15) is 0 Å². The van der Waals surface area contributed by atoms with E-state index < -0.39 is 44.0 Å². The summed E-state index contributed by atoms with van der Waals surface area (Å²) in [6, 6.07) is 16.5. The van der Waals surface area contributed by atoms with Crippen molar-refractivity contribution in [3.8, 4) is 0 Å². The molecule has 29 heavy (non-hydrogen) atoms. The minimum absolute atomic E-state index is 0.226. The van der Waals surface area contributed by atoms with Gasteiger partial charge in [-0.05, 0) is 18.1 Å². The van der Waals surface area contributed by atoms with Crippen molar-refractivity contribution in [2.45, 2.75) is 35.6 Å². The Bertz CT molecular complexity index is 1030. The van der Waals surface area contributed by atoms with E-state index >= 15 is 0 Å². The number of sulfone groups is 1. The van der Waals surface area contributed by atoms with Gasteiger partial charge in [-0.3, -0.25) is 4.79 Å². The van der Waals surface area contributed by atoms with Crippen LogP contribution in [0.2, 0.25) is 0 Å². The molecule has 0 radical (unpaired) electrons. The average Bonchev–Trinajstić information content (AvgIpc) is 2.88. The molecule has 2 heterocycles. The molecule has 2 fully saturated rings. The highest BCUT2D eigenvalue weighted by atomic mass is 32.2. The lowest BCUT2D eigenvalue weighted by molar-refractivity contribution is -0.164. The van der Waals surface area contributed by atoms with Crippen molar-refractivity contribution in [1.29, 1.82) is 0 Å². The second kappa shape index (κ2) is 6.81. The van der Waals surface area contributed by atoms with Gasteiger partial charge in [-0.1, -0.05) is 60.7 Å². The number of aldehydes is 1. The normalized spacial score (nSPS) is 27.2. The number of nitrogens with zero attached hydrogens (tertiary/aromatic N) is 1. The molecule has 2 aliphatic rings. The van der Waals surface area contributed by atoms with Gasteiger partial charge in [-0.15, -0.1) is 0 Å². The number of amides is 1. The zero-order valence-corrected chi connectivity index (χ0v) is 16.4. The lowest BCUT2D eigenvalue weighted by atomic mass is 9.97. The summed E-state index contributed by atoms with van der Waals surface area (Å²) in [5.74, 6) is -1.40. The van der Waals surface area contributed by atoms with Gasteiger partial charge in [0.05, 0.1) is 6.42 Å². The maximum atomic E-state index is 13.2. The third-order valence-electron chi connectivity index (χ3n) is 5.64. The Morgan fingerprint density at radius 2 is 1.62 bits per heavy atom. The summed E-state index contributed by atoms with van der Waals surface area (Å²) in [6.07, 6.45) is -0.796. The molecule has 0 N–H and O–H groups in total. The largest absolute Gasteiger partial charge is 0.451 e. The minimum atomic E-state index is -4.03. The molecular weight excluding hydrogens is 394 g/mol. The second-order valence-corrected chi connectivity index (χ2v) is 9.86. The molecule has 1 amide bonds. The van der Waals surface area contributed by atoms with Crippen LogP contribution in [0.3, 0.4) is 0 Å². The first-order valence-corrected chi connectivity index (χ1v) is 10.7. The first-order chi connectivity index (χ1) is 13.8. The number of β-lactam (4-membered cyclic amide) rings is 1. The zero-order chi connectivity index (χ0) is 20.8. The maximum absolute atomic E-state index is 13.2. The van der Waals surface area contributed by atoms with Gasteiger partial charge >= 0.3 is 5.97 Å². The number of esters is 1. The van der Waals surface area contributed by atoms with Crippen molar-refractivity contribution in [1.82, 2.24) is 4.90 Å². The number of hydrogen-bond acceptors (Lipinski definition) is 6. The molecule has 0 bridgehead atoms. The number of benzene rings is 2. The van der Waals surface area contributed by atoms with Crippen LogP contribution in [-0.4, -0.2) is 47.6 Å². The highest BCUT2D eigenvalue weighted by molar-refractivity contribution is 7.94. The van der Waals surface area contributed by atoms with E-state index in [1.165, 1.54) is 6.92 Å². The summed E-state index contributed by atoms with van der Waals surface area (Å²) in [7, 11) is -4.03. The van der Waals surface area contributed by atoms with Crippen LogP contribution in [-0.2, 0) is 29.0 Å². The molecule has 0 saturated carbocycles. The molecule has 2 aromatic rings. The monoisotopic (exact) mass is 413 g/mol. The Balaban J connectivity index is 1.73. The molecule has 2 aliphatic heterocycles. The Morgan fingerprint density at radius 3 is 2.07 bits per heavy atom. The Kier molecular flexibility index (Phi) is 4.53. The van der Waals surface area contributed by atoms with E-state index in [4.69, 9.17) is 4.74 Å². The summed E-state index contributed by atoms with van der Waals surface area (Å²) in [6.45, 7) is 1.17. The second-order valence-electron chi connectivity index (χ2n) is 7.35. The Morgan fingerprint density at radius 1 is 1.10 bits per heavy atom. The molecule has 8 heteroatoms. The van der Waals surface area contributed by atoms with E-state index in [2.05, 4.69) is 0 Å². The first kappa shape index (κ1) is 19.3. The first-order valence-electron chi connectivity index (χ1n) is 9.12. The smallest absolute Gasteiger partial charge is 0.331 e. The predicted molar refractivity (Wildman–Crippen MR) is 103 cm³/mol. The average molecular weight is 413 g/mol. The maximum Gasteiger partial charge on any atom is 0.331 e. The van der Waals surface area contributed by atoms with Crippen molar-refractivity contribution >= 4 is 28.0 Å². The van der Waals surface area contributed by atoms with Gasteiger partial charge in [0, 0.05) is 0 Å². The highest BCUT2D eigenvalue weighted by Crippen LogP contribution is 2.46. The van der Waals surface area contributed by atoms with Gasteiger partial charge in [0.15, 0.2) is 26.7 Å². The number of carbonyl (C=O) groups is 3. The molecule has 2 saturated heterocycles. The van der Waals surface area contributed by atoms with E-state index in [-0.39, 0.29) is 12.7 Å². The molecule has 3 atom stereocenters. The Hall–Kier alpha value is -3.00. The van der Waals surface area contributed by atoms with Gasteiger partial charge in [0.2, 0.25) is 5.91 Å². The summed E-state index contributed by atoms with van der Waals surface area (Å²) >= 11 is 0. The number of carbonyl (C=O) groups excluding carboxylic acids is 3. The molecule has 0 spiro atoms. The topological polar surface area (TPSA) is 97.8 Å². The van der Waals surface area contributed by atoms with Gasteiger partial charge < -0.3 is 14.4 Å². The lowest BCUT2D eigenvalue weighted by Crippen LogP contribution is -2.58. The fourth-order valence-corrected chi connectivity index (χ4v) is 6.08. The molecule has 0 aliphatic carbocycles. The van der Waals surface area contributed by atoms with Crippen LogP contribution in [0, 0.1) is 0 Å². The number of ether oxygens (including phenoxy) is 1. The van der Waals surface area contributed by atoms with Crippen molar-refractivity contribution in [2.75, 3.05) is 0 Å². The third-order valence-corrected chi connectivity index (χ3v) is 8.29. The van der Waals surface area contributed by atoms with Crippen LogP contribution < -0.4 is 0 Å². The fraction of sp³-hybridized carbons (Fsp3) is 0.286. The van der Waals surface area contributed by atoms with Crippen LogP contribution in [0.4, 0.5) is 0 Å². The minimum Gasteiger partial charge on any atom is -0.451 e. The van der Waals surface area contributed by atoms with Crippen molar-refractivity contribution in [2.24, 2.45) is 0 Å². The third kappa shape index (κ3) is 2.78. The van der Waals surface area contributed by atoms with E-state index in [0.29, 0.717) is 11.1 Å². The van der Waals surface area contributed by atoms with E-state index in [9.17, 15) is 22.8 Å². The molecular formula is C21H19NO6S. The molecule has 2 aromatic carbocycles. The van der Waals surface area contributed by atoms with Crippen molar-refractivity contribution in [3.63, 3.8) is 0 Å². The van der Waals surface area contributed by atoms with Crippen LogP contribution >= 0.6 is 0 Å². The van der Waals surface area contributed by atoms with Gasteiger partial charge in [0.25, 0.3) is 0 Å². The molecule has 0 unspecified atom stereocenters. The molecule has 0 aromatic heterocycles. The lowest BCUT2D eigenvalue weighted by Gasteiger charge is -2.36. The highest BCUT2D eigenvalue weighted by Gasteiger charge is 2.70. The summed E-state index contributed by atoms with van der Waals surface area (Å²) in [5.41, 5.74) is 1.37. The Labute approximate surface area is 168 Å². The summed E-state index contributed by atoms with van der Waals surface area (Å²) in [4.78, 5) is 38.0. The van der Waals surface area contributed by atoms with Crippen molar-refractivity contribution < 1.29 is 27.5 Å². The zero-order valence-electron chi connectivity index (χ0n) is 15.6. The SMILES string of the molecule is C[C@]1(C=O)[C@H](C(=O)OC(c2ccccc2)c2ccccc2)N2C(=O)C[C@H]2S1(=O)=O. The van der Waals surface area contributed by atoms with Crippen molar-refractivity contribution in [3.05, 3.63) is 71.8 Å². The van der Waals surface area contributed by atoms with Gasteiger partial charge in [-0.25, -0.2) is 13.2 Å². The van der Waals surface area contributed by atoms with Crippen LogP contribution in [0.15, 0.2) is 60.7 Å². The van der Waals surface area contributed by atoms with Crippen LogP contribution in [0.1, 0.15) is 30.6 Å². The standard InChI is InChI=1S/C21H19NO6S/c1-21(13-23)19(22-16(24)12-17(22)29(21,26)27)20(25)28-18(14-8-4-2-5-9-14)15-10-6-3-7-11-15/h2-11,13,17-19H,12H2,1H3/t17-,19+,21+/m1/s1. The number of hydrogen-bond donors (Lipinski definition) is 0. The molecule has 150 valence electrons.